The molecule has 0 fully saturated rings. The number of aliphatic carboxylic acids is 1. The van der Waals surface area contributed by atoms with Gasteiger partial charge in [-0.3, -0.25) is 4.79 Å². The number of carboxylic acid groups (broad SMARTS) is 1. The van der Waals surface area contributed by atoms with E-state index < -0.39 is 29.7 Å². The Morgan fingerprint density at radius 2 is 1.84 bits per heavy atom. The van der Waals surface area contributed by atoms with Gasteiger partial charge in [0, 0.05) is 6.42 Å². The van der Waals surface area contributed by atoms with Gasteiger partial charge in [0.15, 0.2) is 0 Å². The number of amides is 1. The molecule has 7 heteroatoms. The lowest BCUT2D eigenvalue weighted by atomic mass is 10.1. The number of alkyl carbamates (subject to hydrolysis) is 1. The fraction of sp³-hybridized carbons (Fsp3) is 0.750. The van der Waals surface area contributed by atoms with Crippen molar-refractivity contribution in [2.75, 3.05) is 7.11 Å². The largest absolute Gasteiger partial charge is 0.481 e. The predicted octanol–water partition coefficient (Wildman–Crippen LogP) is 1.31. The third-order valence-corrected chi connectivity index (χ3v) is 2.06. The van der Waals surface area contributed by atoms with E-state index in [2.05, 4.69) is 10.1 Å². The summed E-state index contributed by atoms with van der Waals surface area (Å²) in [6.07, 6.45) is -0.384. The Bertz CT molecular complexity index is 334. The number of rotatable bonds is 6. The highest BCUT2D eigenvalue weighted by Gasteiger charge is 2.24. The van der Waals surface area contributed by atoms with Crippen molar-refractivity contribution in [1.29, 1.82) is 0 Å². The first-order valence-corrected chi connectivity index (χ1v) is 5.95. The summed E-state index contributed by atoms with van der Waals surface area (Å²) in [6, 6.07) is -0.904. The minimum absolute atomic E-state index is 0.0799. The molecule has 0 unspecified atom stereocenters. The molecule has 0 saturated heterocycles. The van der Waals surface area contributed by atoms with Gasteiger partial charge in [0.25, 0.3) is 0 Å². The molecule has 0 heterocycles. The molecule has 0 saturated carbocycles. The first-order chi connectivity index (χ1) is 8.65. The van der Waals surface area contributed by atoms with Crippen LogP contribution in [0.2, 0.25) is 0 Å². The zero-order valence-corrected chi connectivity index (χ0v) is 11.7. The van der Waals surface area contributed by atoms with Crippen LogP contribution < -0.4 is 5.32 Å². The van der Waals surface area contributed by atoms with E-state index in [1.165, 1.54) is 7.11 Å². The summed E-state index contributed by atoms with van der Waals surface area (Å²) in [5.74, 6) is -1.59. The number of carbonyl (C=O) groups is 3. The average Bonchev–Trinajstić information content (AvgIpc) is 2.23. The highest BCUT2D eigenvalue weighted by molar-refractivity contribution is 5.81. The van der Waals surface area contributed by atoms with Gasteiger partial charge in [0.2, 0.25) is 0 Å². The molecular formula is C12H21NO6. The van der Waals surface area contributed by atoms with Crippen LogP contribution in [-0.4, -0.2) is 41.9 Å². The minimum atomic E-state index is -0.958. The van der Waals surface area contributed by atoms with Crippen LogP contribution in [0.5, 0.6) is 0 Å². The Morgan fingerprint density at radius 1 is 1.26 bits per heavy atom. The lowest BCUT2D eigenvalue weighted by Gasteiger charge is -2.22. The molecule has 0 aliphatic carbocycles. The van der Waals surface area contributed by atoms with Crippen molar-refractivity contribution in [3.63, 3.8) is 0 Å². The molecule has 110 valence electrons. The second-order valence-corrected chi connectivity index (χ2v) is 5.01. The van der Waals surface area contributed by atoms with Gasteiger partial charge in [0.1, 0.15) is 11.6 Å². The van der Waals surface area contributed by atoms with Crippen molar-refractivity contribution in [2.45, 2.75) is 51.7 Å². The number of nitrogens with one attached hydrogen (secondary N) is 1. The number of ether oxygens (including phenoxy) is 2. The topological polar surface area (TPSA) is 102 Å². The number of esters is 1. The lowest BCUT2D eigenvalue weighted by Crippen LogP contribution is -2.44. The van der Waals surface area contributed by atoms with Crippen molar-refractivity contribution in [1.82, 2.24) is 5.32 Å². The molecule has 0 aromatic rings. The molecule has 0 aliphatic rings. The zero-order valence-electron chi connectivity index (χ0n) is 11.7. The number of hydrogen-bond donors (Lipinski definition) is 2. The van der Waals surface area contributed by atoms with E-state index in [0.29, 0.717) is 0 Å². The summed E-state index contributed by atoms with van der Waals surface area (Å²) in [5, 5.41) is 10.9. The summed E-state index contributed by atoms with van der Waals surface area (Å²) >= 11 is 0. The number of carbonyl (C=O) groups excluding carboxylic acids is 2. The van der Waals surface area contributed by atoms with Crippen molar-refractivity contribution in [3.8, 4) is 0 Å². The van der Waals surface area contributed by atoms with E-state index in [0.717, 1.165) is 0 Å². The van der Waals surface area contributed by atoms with Gasteiger partial charge >= 0.3 is 18.0 Å². The Morgan fingerprint density at radius 3 is 2.26 bits per heavy atom. The van der Waals surface area contributed by atoms with E-state index in [1.807, 2.05) is 0 Å². The normalized spacial score (nSPS) is 12.4. The molecule has 2 N–H and O–H groups in total. The zero-order chi connectivity index (χ0) is 15.1. The van der Waals surface area contributed by atoms with E-state index in [9.17, 15) is 14.4 Å². The van der Waals surface area contributed by atoms with Crippen LogP contribution in [-0.2, 0) is 19.1 Å². The molecule has 0 bridgehead atoms. The van der Waals surface area contributed by atoms with Crippen molar-refractivity contribution in [2.24, 2.45) is 0 Å². The smallest absolute Gasteiger partial charge is 0.408 e. The molecule has 0 radical (unpaired) electrons. The minimum Gasteiger partial charge on any atom is -0.481 e. The Balaban J connectivity index is 4.39. The van der Waals surface area contributed by atoms with Crippen molar-refractivity contribution in [3.05, 3.63) is 0 Å². The first-order valence-electron chi connectivity index (χ1n) is 5.95. The molecule has 19 heavy (non-hydrogen) atoms. The van der Waals surface area contributed by atoms with E-state index >= 15 is 0 Å². The molecule has 0 aliphatic heterocycles. The standard InChI is InChI=1S/C12H21NO6/c1-12(2,3)19-11(17)13-8(10(16)18-4)6-5-7-9(14)15/h8H,5-7H2,1-4H3,(H,13,17)(H,14,15)/t8-/m1/s1. The van der Waals surface area contributed by atoms with E-state index in [1.54, 1.807) is 20.8 Å². The van der Waals surface area contributed by atoms with Gasteiger partial charge < -0.3 is 19.9 Å². The van der Waals surface area contributed by atoms with Crippen LogP contribution in [0.15, 0.2) is 0 Å². The number of carboxylic acids is 1. The Hall–Kier alpha value is -1.79. The summed E-state index contributed by atoms with van der Waals surface area (Å²) < 4.78 is 9.56. The predicted molar refractivity (Wildman–Crippen MR) is 66.7 cm³/mol. The maximum Gasteiger partial charge on any atom is 0.408 e. The number of methoxy groups -OCH3 is 1. The van der Waals surface area contributed by atoms with Crippen LogP contribution >= 0.6 is 0 Å². The molecule has 0 rings (SSSR count). The second kappa shape index (κ2) is 7.60. The maximum absolute atomic E-state index is 11.5. The summed E-state index contributed by atoms with van der Waals surface area (Å²) in [4.78, 5) is 33.4. The first kappa shape index (κ1) is 17.2. The van der Waals surface area contributed by atoms with Crippen LogP contribution in [0.1, 0.15) is 40.0 Å². The average molecular weight is 275 g/mol. The maximum atomic E-state index is 11.5. The fourth-order valence-corrected chi connectivity index (χ4v) is 1.30. The Kier molecular flexibility index (Phi) is 6.89. The van der Waals surface area contributed by atoms with Gasteiger partial charge in [-0.15, -0.1) is 0 Å². The SMILES string of the molecule is COC(=O)[C@@H](CCCC(=O)O)NC(=O)OC(C)(C)C. The highest BCUT2D eigenvalue weighted by Crippen LogP contribution is 2.09. The summed E-state index contributed by atoms with van der Waals surface area (Å²) in [7, 11) is 1.20. The lowest BCUT2D eigenvalue weighted by molar-refractivity contribution is -0.144. The molecule has 0 spiro atoms. The Labute approximate surface area is 112 Å². The van der Waals surface area contributed by atoms with Crippen LogP contribution in [0.4, 0.5) is 4.79 Å². The molecule has 0 aromatic carbocycles. The van der Waals surface area contributed by atoms with Gasteiger partial charge in [-0.05, 0) is 33.6 Å². The molecule has 1 amide bonds. The van der Waals surface area contributed by atoms with Gasteiger partial charge in [-0.25, -0.2) is 9.59 Å². The third kappa shape index (κ3) is 8.87. The van der Waals surface area contributed by atoms with Gasteiger partial charge in [0.05, 0.1) is 7.11 Å². The highest BCUT2D eigenvalue weighted by atomic mass is 16.6. The second-order valence-electron chi connectivity index (χ2n) is 5.01. The molecule has 1 atom stereocenters. The molecule has 7 nitrogen and oxygen atoms in total. The van der Waals surface area contributed by atoms with Crippen LogP contribution in [0, 0.1) is 0 Å². The molecule has 0 aromatic heterocycles. The van der Waals surface area contributed by atoms with Crippen LogP contribution in [0.25, 0.3) is 0 Å². The molecular weight excluding hydrogens is 254 g/mol. The summed E-state index contributed by atoms with van der Waals surface area (Å²) in [5.41, 5.74) is -0.675. The van der Waals surface area contributed by atoms with Crippen LogP contribution in [0.3, 0.4) is 0 Å². The van der Waals surface area contributed by atoms with Gasteiger partial charge in [-0.2, -0.15) is 0 Å². The fourth-order valence-electron chi connectivity index (χ4n) is 1.30. The number of hydrogen-bond acceptors (Lipinski definition) is 5. The van der Waals surface area contributed by atoms with E-state index in [-0.39, 0.29) is 19.3 Å². The van der Waals surface area contributed by atoms with Crippen molar-refractivity contribution < 1.29 is 29.0 Å². The van der Waals surface area contributed by atoms with Crippen molar-refractivity contribution >= 4 is 18.0 Å². The third-order valence-electron chi connectivity index (χ3n) is 2.06. The van der Waals surface area contributed by atoms with Gasteiger partial charge in [-0.1, -0.05) is 0 Å². The quantitative estimate of drug-likeness (QED) is 0.708. The monoisotopic (exact) mass is 275 g/mol. The van der Waals surface area contributed by atoms with E-state index in [4.69, 9.17) is 9.84 Å². The summed E-state index contributed by atoms with van der Waals surface area (Å²) in [6.45, 7) is 5.10.